The van der Waals surface area contributed by atoms with Gasteiger partial charge in [0, 0.05) is 0 Å². The molecule has 0 aliphatic carbocycles. The fraction of sp³-hybridized carbons (Fsp3) is 0.154. The summed E-state index contributed by atoms with van der Waals surface area (Å²) in [7, 11) is 2.73. The number of carbonyl (C=O) groups excluding carboxylic acids is 2. The fourth-order valence-corrected chi connectivity index (χ4v) is 1.69. The van der Waals surface area contributed by atoms with Gasteiger partial charge in [0.2, 0.25) is 23.3 Å². The number of nitrogens with one attached hydrogen (secondary N) is 1. The summed E-state index contributed by atoms with van der Waals surface area (Å²) >= 11 is 0. The number of benzene rings is 1. The van der Waals surface area contributed by atoms with E-state index in [0.717, 1.165) is 0 Å². The molecule has 0 aliphatic heterocycles. The van der Waals surface area contributed by atoms with Crippen molar-refractivity contribution in [3.63, 3.8) is 0 Å². The van der Waals surface area contributed by atoms with Gasteiger partial charge in [-0.15, -0.1) is 0 Å². The molecule has 2 rings (SSSR count). The standard InChI is InChI=1S/C13H11NO6/c1-18-7-3-4-9-8(5-7)11(17)12(19-2)13(20-9)14-10(16)6-15/h3-6H,1-2H3,(H,14,16). The maximum Gasteiger partial charge on any atom is 0.290 e. The van der Waals surface area contributed by atoms with E-state index in [0.29, 0.717) is 5.75 Å². The number of ether oxygens (including phenoxy) is 2. The van der Waals surface area contributed by atoms with Gasteiger partial charge >= 0.3 is 0 Å². The van der Waals surface area contributed by atoms with Crippen molar-refractivity contribution in [2.75, 3.05) is 19.5 Å². The summed E-state index contributed by atoms with van der Waals surface area (Å²) in [6.07, 6.45) is 0.0671. The van der Waals surface area contributed by atoms with Crippen LogP contribution in [0.3, 0.4) is 0 Å². The Labute approximate surface area is 113 Å². The van der Waals surface area contributed by atoms with E-state index >= 15 is 0 Å². The Morgan fingerprint density at radius 1 is 1.30 bits per heavy atom. The number of hydrogen-bond acceptors (Lipinski definition) is 6. The summed E-state index contributed by atoms with van der Waals surface area (Å²) in [5.74, 6) is -0.871. The van der Waals surface area contributed by atoms with E-state index in [-0.39, 0.29) is 28.9 Å². The van der Waals surface area contributed by atoms with E-state index in [2.05, 4.69) is 5.32 Å². The van der Waals surface area contributed by atoms with Crippen LogP contribution >= 0.6 is 0 Å². The summed E-state index contributed by atoms with van der Waals surface area (Å²) in [6.45, 7) is 0. The van der Waals surface area contributed by atoms with Crippen molar-refractivity contribution in [3.8, 4) is 11.5 Å². The predicted octanol–water partition coefficient (Wildman–Crippen LogP) is 0.948. The zero-order chi connectivity index (χ0) is 14.7. The van der Waals surface area contributed by atoms with E-state index in [1.807, 2.05) is 0 Å². The Balaban J connectivity index is 2.69. The first-order valence-corrected chi connectivity index (χ1v) is 5.55. The zero-order valence-electron chi connectivity index (χ0n) is 10.8. The Morgan fingerprint density at radius 2 is 2.05 bits per heavy atom. The highest BCUT2D eigenvalue weighted by molar-refractivity contribution is 6.29. The van der Waals surface area contributed by atoms with Gasteiger partial charge in [0.05, 0.1) is 19.6 Å². The second-order valence-electron chi connectivity index (χ2n) is 3.76. The predicted molar refractivity (Wildman–Crippen MR) is 70.3 cm³/mol. The van der Waals surface area contributed by atoms with Crippen molar-refractivity contribution in [1.82, 2.24) is 0 Å². The Morgan fingerprint density at radius 3 is 2.65 bits per heavy atom. The summed E-state index contributed by atoms with van der Waals surface area (Å²) in [5.41, 5.74) is -0.244. The smallest absolute Gasteiger partial charge is 0.290 e. The highest BCUT2D eigenvalue weighted by Crippen LogP contribution is 2.27. The van der Waals surface area contributed by atoms with Gasteiger partial charge in [-0.25, -0.2) is 0 Å². The Bertz CT molecular complexity index is 733. The molecule has 1 N–H and O–H groups in total. The number of aldehydes is 1. The monoisotopic (exact) mass is 277 g/mol. The van der Waals surface area contributed by atoms with Gasteiger partial charge in [-0.1, -0.05) is 0 Å². The third-order valence-electron chi connectivity index (χ3n) is 2.60. The third kappa shape index (κ3) is 2.33. The molecule has 0 radical (unpaired) electrons. The lowest BCUT2D eigenvalue weighted by molar-refractivity contribution is -0.127. The average Bonchev–Trinajstić information content (AvgIpc) is 2.47. The minimum atomic E-state index is -0.945. The van der Waals surface area contributed by atoms with Crippen LogP contribution < -0.4 is 20.2 Å². The van der Waals surface area contributed by atoms with Gasteiger partial charge in [0.15, 0.2) is 0 Å². The Hall–Kier alpha value is -2.83. The van der Waals surface area contributed by atoms with Crippen molar-refractivity contribution in [3.05, 3.63) is 28.4 Å². The van der Waals surface area contributed by atoms with Gasteiger partial charge in [-0.3, -0.25) is 19.7 Å². The maximum atomic E-state index is 12.2. The second kappa shape index (κ2) is 5.43. The van der Waals surface area contributed by atoms with Crippen LogP contribution in [-0.4, -0.2) is 26.4 Å². The van der Waals surface area contributed by atoms with Crippen LogP contribution in [0.2, 0.25) is 0 Å². The normalized spacial score (nSPS) is 10.1. The van der Waals surface area contributed by atoms with Gasteiger partial charge < -0.3 is 13.9 Å². The maximum absolute atomic E-state index is 12.2. The van der Waals surface area contributed by atoms with Crippen molar-refractivity contribution < 1.29 is 23.5 Å². The largest absolute Gasteiger partial charge is 0.497 e. The molecule has 7 heteroatoms. The van der Waals surface area contributed by atoms with Gasteiger partial charge in [0.25, 0.3) is 5.91 Å². The van der Waals surface area contributed by atoms with Crippen molar-refractivity contribution in [2.45, 2.75) is 0 Å². The number of fused-ring (bicyclic) bond motifs is 1. The zero-order valence-corrected chi connectivity index (χ0v) is 10.8. The molecule has 0 unspecified atom stereocenters. The number of carbonyl (C=O) groups is 2. The Kier molecular flexibility index (Phi) is 3.69. The van der Waals surface area contributed by atoms with Crippen LogP contribution in [0.4, 0.5) is 5.88 Å². The fourth-order valence-electron chi connectivity index (χ4n) is 1.69. The van der Waals surface area contributed by atoms with E-state index < -0.39 is 11.3 Å². The molecule has 1 amide bonds. The molecule has 0 bridgehead atoms. The van der Waals surface area contributed by atoms with Crippen LogP contribution in [0.15, 0.2) is 27.4 Å². The molecule has 2 aromatic rings. The van der Waals surface area contributed by atoms with Crippen LogP contribution in [0.1, 0.15) is 0 Å². The molecular weight excluding hydrogens is 266 g/mol. The lowest BCUT2D eigenvalue weighted by atomic mass is 10.2. The first-order valence-electron chi connectivity index (χ1n) is 5.55. The molecule has 1 aromatic heterocycles. The van der Waals surface area contributed by atoms with Crippen LogP contribution in [0, 0.1) is 0 Å². The molecule has 0 aliphatic rings. The lowest BCUT2D eigenvalue weighted by Crippen LogP contribution is -2.16. The van der Waals surface area contributed by atoms with Crippen LogP contribution in [-0.2, 0) is 9.59 Å². The first kappa shape index (κ1) is 13.6. The summed E-state index contributed by atoms with van der Waals surface area (Å²) in [5, 5.41) is 2.38. The average molecular weight is 277 g/mol. The minimum Gasteiger partial charge on any atom is -0.497 e. The number of anilines is 1. The molecule has 0 fully saturated rings. The van der Waals surface area contributed by atoms with E-state index in [1.54, 1.807) is 6.07 Å². The SMILES string of the molecule is COc1ccc2oc(NC(=O)C=O)c(OC)c(=O)c2c1. The van der Waals surface area contributed by atoms with Gasteiger partial charge in [0.1, 0.15) is 11.3 Å². The molecule has 0 spiro atoms. The molecular formula is C13H11NO6. The molecule has 0 atom stereocenters. The summed E-state index contributed by atoms with van der Waals surface area (Å²) < 4.78 is 15.3. The highest BCUT2D eigenvalue weighted by atomic mass is 16.5. The van der Waals surface area contributed by atoms with E-state index in [9.17, 15) is 14.4 Å². The van der Waals surface area contributed by atoms with E-state index in [4.69, 9.17) is 13.9 Å². The number of methoxy groups -OCH3 is 2. The molecule has 0 saturated heterocycles. The molecule has 1 heterocycles. The van der Waals surface area contributed by atoms with Crippen molar-refractivity contribution >= 4 is 29.0 Å². The van der Waals surface area contributed by atoms with Crippen molar-refractivity contribution in [1.29, 1.82) is 0 Å². The molecule has 20 heavy (non-hydrogen) atoms. The molecule has 104 valence electrons. The summed E-state index contributed by atoms with van der Waals surface area (Å²) in [4.78, 5) is 33.7. The van der Waals surface area contributed by atoms with Gasteiger partial charge in [-0.2, -0.15) is 0 Å². The molecule has 0 saturated carbocycles. The lowest BCUT2D eigenvalue weighted by Gasteiger charge is -2.09. The van der Waals surface area contributed by atoms with Crippen LogP contribution in [0.25, 0.3) is 11.0 Å². The van der Waals surface area contributed by atoms with Crippen molar-refractivity contribution in [2.24, 2.45) is 0 Å². The third-order valence-corrected chi connectivity index (χ3v) is 2.60. The quantitative estimate of drug-likeness (QED) is 0.660. The van der Waals surface area contributed by atoms with Gasteiger partial charge in [-0.05, 0) is 18.2 Å². The number of hydrogen-bond donors (Lipinski definition) is 1. The highest BCUT2D eigenvalue weighted by Gasteiger charge is 2.17. The molecule has 1 aromatic carbocycles. The topological polar surface area (TPSA) is 94.8 Å². The molecule has 7 nitrogen and oxygen atoms in total. The van der Waals surface area contributed by atoms with E-state index in [1.165, 1.54) is 26.4 Å². The second-order valence-corrected chi connectivity index (χ2v) is 3.76. The number of amides is 1. The first-order chi connectivity index (χ1) is 9.60. The van der Waals surface area contributed by atoms with Crippen LogP contribution in [0.5, 0.6) is 11.5 Å². The summed E-state index contributed by atoms with van der Waals surface area (Å²) in [6, 6.07) is 4.61. The minimum absolute atomic E-state index is 0.0671. The number of rotatable bonds is 4.